The summed E-state index contributed by atoms with van der Waals surface area (Å²) in [6, 6.07) is 2.12. The van der Waals surface area contributed by atoms with E-state index < -0.39 is 0 Å². The molecule has 0 saturated heterocycles. The van der Waals surface area contributed by atoms with Crippen LogP contribution in [-0.2, 0) is 11.2 Å². The fourth-order valence-corrected chi connectivity index (χ4v) is 5.58. The lowest BCUT2D eigenvalue weighted by Gasteiger charge is -2.28. The van der Waals surface area contributed by atoms with Gasteiger partial charge in [0.1, 0.15) is 0 Å². The summed E-state index contributed by atoms with van der Waals surface area (Å²) < 4.78 is 0. The van der Waals surface area contributed by atoms with Gasteiger partial charge in [-0.15, -0.1) is 11.3 Å². The third kappa shape index (κ3) is 3.66. The molecule has 4 unspecified atom stereocenters. The highest BCUT2D eigenvalue weighted by Gasteiger charge is 2.42. The number of hydrogen-bond acceptors (Lipinski definition) is 3. The first-order valence-electron chi connectivity index (χ1n) is 9.14. The Morgan fingerprint density at radius 2 is 2.12 bits per heavy atom. The molecular formula is C19H28N2O2S. The number of amides is 2. The molecule has 4 atom stereocenters. The van der Waals surface area contributed by atoms with E-state index in [1.807, 2.05) is 13.0 Å². The summed E-state index contributed by atoms with van der Waals surface area (Å²) in [6.07, 6.45) is 6.23. The zero-order chi connectivity index (χ0) is 17.3. The van der Waals surface area contributed by atoms with E-state index in [1.165, 1.54) is 41.9 Å². The number of carbonyl (C=O) groups excluding carboxylic acids is 2. The van der Waals surface area contributed by atoms with Crippen molar-refractivity contribution >= 4 is 23.2 Å². The molecule has 2 aliphatic rings. The average Bonchev–Trinajstić information content (AvgIpc) is 3.27. The number of hydrogen-bond donors (Lipinski definition) is 2. The second-order valence-electron chi connectivity index (χ2n) is 7.45. The van der Waals surface area contributed by atoms with Crippen LogP contribution in [0.5, 0.6) is 0 Å². The molecule has 1 aromatic rings. The molecule has 5 heteroatoms. The van der Waals surface area contributed by atoms with Crippen molar-refractivity contribution in [1.82, 2.24) is 10.6 Å². The molecule has 0 aliphatic heterocycles. The van der Waals surface area contributed by atoms with Gasteiger partial charge in [-0.2, -0.15) is 0 Å². The zero-order valence-corrected chi connectivity index (χ0v) is 15.7. The van der Waals surface area contributed by atoms with E-state index in [9.17, 15) is 9.59 Å². The molecule has 2 aliphatic carbocycles. The minimum Gasteiger partial charge on any atom is -0.352 e. The summed E-state index contributed by atoms with van der Waals surface area (Å²) in [4.78, 5) is 26.3. The molecule has 1 heterocycles. The van der Waals surface area contributed by atoms with Crippen LogP contribution in [0.1, 0.15) is 59.6 Å². The van der Waals surface area contributed by atoms with Gasteiger partial charge in [0.15, 0.2) is 0 Å². The molecule has 3 rings (SSSR count). The smallest absolute Gasteiger partial charge is 0.261 e. The van der Waals surface area contributed by atoms with Gasteiger partial charge in [0.25, 0.3) is 5.91 Å². The van der Waals surface area contributed by atoms with Crippen LogP contribution in [0.4, 0.5) is 0 Å². The predicted molar refractivity (Wildman–Crippen MR) is 97.3 cm³/mol. The van der Waals surface area contributed by atoms with Gasteiger partial charge in [0.05, 0.1) is 11.4 Å². The summed E-state index contributed by atoms with van der Waals surface area (Å²) in [5.41, 5.74) is 1.15. The van der Waals surface area contributed by atoms with E-state index in [2.05, 4.69) is 24.5 Å². The molecule has 0 radical (unpaired) electrons. The van der Waals surface area contributed by atoms with Gasteiger partial charge in [-0.1, -0.05) is 13.3 Å². The number of nitrogens with one attached hydrogen (secondary N) is 2. The summed E-state index contributed by atoms with van der Waals surface area (Å²) >= 11 is 1.52. The van der Waals surface area contributed by atoms with E-state index >= 15 is 0 Å². The van der Waals surface area contributed by atoms with Crippen LogP contribution < -0.4 is 10.6 Å². The van der Waals surface area contributed by atoms with Gasteiger partial charge < -0.3 is 10.6 Å². The Morgan fingerprint density at radius 1 is 1.33 bits per heavy atom. The van der Waals surface area contributed by atoms with Gasteiger partial charge in [-0.25, -0.2) is 0 Å². The summed E-state index contributed by atoms with van der Waals surface area (Å²) in [7, 11) is 0. The molecule has 4 nitrogen and oxygen atoms in total. The molecule has 2 bridgehead atoms. The number of fused-ring (bicyclic) bond motifs is 2. The van der Waals surface area contributed by atoms with E-state index in [4.69, 9.17) is 0 Å². The van der Waals surface area contributed by atoms with Crippen LogP contribution >= 0.6 is 11.3 Å². The maximum absolute atomic E-state index is 12.2. The lowest BCUT2D eigenvalue weighted by atomic mass is 9.84. The van der Waals surface area contributed by atoms with E-state index in [0.717, 1.165) is 23.8 Å². The monoisotopic (exact) mass is 348 g/mol. The van der Waals surface area contributed by atoms with Gasteiger partial charge in [-0.3, -0.25) is 9.59 Å². The Bertz CT molecular complexity index is 625. The predicted octanol–water partition coefficient (Wildman–Crippen LogP) is 3.29. The Balaban J connectivity index is 1.45. The summed E-state index contributed by atoms with van der Waals surface area (Å²) in [6.45, 7) is 6.28. The first-order valence-corrected chi connectivity index (χ1v) is 9.96. The average molecular weight is 349 g/mol. The van der Waals surface area contributed by atoms with Crippen molar-refractivity contribution in [1.29, 1.82) is 0 Å². The Morgan fingerprint density at radius 3 is 2.71 bits per heavy atom. The number of aryl methyl sites for hydroxylation is 2. The molecule has 132 valence electrons. The molecule has 1 aromatic heterocycles. The number of thiophene rings is 1. The summed E-state index contributed by atoms with van der Waals surface area (Å²) in [5.74, 6) is 2.07. The quantitative estimate of drug-likeness (QED) is 0.829. The highest BCUT2D eigenvalue weighted by atomic mass is 32.1. The van der Waals surface area contributed by atoms with Crippen molar-refractivity contribution in [3.63, 3.8) is 0 Å². The lowest BCUT2D eigenvalue weighted by molar-refractivity contribution is -0.121. The fraction of sp³-hybridized carbons (Fsp3) is 0.684. The largest absolute Gasteiger partial charge is 0.352 e. The van der Waals surface area contributed by atoms with Crippen LogP contribution in [0.15, 0.2) is 6.07 Å². The van der Waals surface area contributed by atoms with Crippen LogP contribution in [0.2, 0.25) is 0 Å². The van der Waals surface area contributed by atoms with Gasteiger partial charge in [0.2, 0.25) is 5.91 Å². The molecule has 2 amide bonds. The van der Waals surface area contributed by atoms with Crippen LogP contribution in [0, 0.1) is 24.7 Å². The van der Waals surface area contributed by atoms with Gasteiger partial charge >= 0.3 is 0 Å². The second kappa shape index (κ2) is 7.26. The van der Waals surface area contributed by atoms with Crippen LogP contribution in [0.3, 0.4) is 0 Å². The highest BCUT2D eigenvalue weighted by molar-refractivity contribution is 7.14. The topological polar surface area (TPSA) is 58.2 Å². The van der Waals surface area contributed by atoms with Crippen molar-refractivity contribution in [2.45, 2.75) is 58.9 Å². The SMILES string of the molecule is CCc1sc(C(=O)NCC(=O)NC(C)C2CC3CCC2C3)cc1C. The minimum absolute atomic E-state index is 0.0579. The number of carbonyl (C=O) groups is 2. The van der Waals surface area contributed by atoms with Gasteiger partial charge in [-0.05, 0) is 68.9 Å². The molecule has 2 N–H and O–H groups in total. The third-order valence-corrected chi connectivity index (χ3v) is 7.18. The maximum atomic E-state index is 12.2. The van der Waals surface area contributed by atoms with Crippen molar-refractivity contribution in [3.8, 4) is 0 Å². The van der Waals surface area contributed by atoms with Crippen LogP contribution in [0.25, 0.3) is 0 Å². The molecule has 2 saturated carbocycles. The molecule has 24 heavy (non-hydrogen) atoms. The molecule has 2 fully saturated rings. The molecular weight excluding hydrogens is 320 g/mol. The standard InChI is InChI=1S/C19H28N2O2S/c1-4-16-11(2)7-17(24-16)19(23)20-10-18(22)21-12(3)15-9-13-5-6-14(15)8-13/h7,12-15H,4-6,8-10H2,1-3H3,(H,20,23)(H,21,22). The first-order chi connectivity index (χ1) is 11.5. The van der Waals surface area contributed by atoms with E-state index in [1.54, 1.807) is 0 Å². The first kappa shape index (κ1) is 17.5. The maximum Gasteiger partial charge on any atom is 0.261 e. The van der Waals surface area contributed by atoms with Crippen molar-refractivity contribution in [2.75, 3.05) is 6.54 Å². The Labute approximate surface area is 148 Å². The van der Waals surface area contributed by atoms with Crippen LogP contribution in [-0.4, -0.2) is 24.4 Å². The number of rotatable bonds is 6. The fourth-order valence-electron chi connectivity index (χ4n) is 4.55. The van der Waals surface area contributed by atoms with Crippen molar-refractivity contribution in [2.24, 2.45) is 17.8 Å². The lowest BCUT2D eigenvalue weighted by Crippen LogP contribution is -2.44. The molecule has 0 aromatic carbocycles. The third-order valence-electron chi connectivity index (χ3n) is 5.80. The van der Waals surface area contributed by atoms with E-state index in [-0.39, 0.29) is 24.4 Å². The van der Waals surface area contributed by atoms with E-state index in [0.29, 0.717) is 10.8 Å². The Kier molecular flexibility index (Phi) is 5.28. The highest BCUT2D eigenvalue weighted by Crippen LogP contribution is 2.49. The normalized spacial score (nSPS) is 26.4. The second-order valence-corrected chi connectivity index (χ2v) is 8.58. The summed E-state index contributed by atoms with van der Waals surface area (Å²) in [5, 5.41) is 5.84. The Hall–Kier alpha value is -1.36. The minimum atomic E-state index is -0.148. The van der Waals surface area contributed by atoms with Gasteiger partial charge in [0, 0.05) is 10.9 Å². The van der Waals surface area contributed by atoms with Crippen molar-refractivity contribution in [3.05, 3.63) is 21.4 Å². The molecule has 0 spiro atoms. The van der Waals surface area contributed by atoms with Crippen molar-refractivity contribution < 1.29 is 9.59 Å². The zero-order valence-electron chi connectivity index (χ0n) is 14.9.